The van der Waals surface area contributed by atoms with Crippen LogP contribution in [0, 0.1) is 5.82 Å². The number of fused-ring (bicyclic) bond motifs is 1. The molecule has 3 aromatic heterocycles. The molecule has 136 valence electrons. The Morgan fingerprint density at radius 3 is 2.68 bits per heavy atom. The van der Waals surface area contributed by atoms with Gasteiger partial charge >= 0.3 is 6.01 Å². The molecule has 0 unspecified atom stereocenters. The van der Waals surface area contributed by atoms with Crippen molar-refractivity contribution < 1.29 is 8.81 Å². The molecule has 3 N–H and O–H groups in total. The molecular formula is C20H13FN6O. The van der Waals surface area contributed by atoms with E-state index in [1.807, 2.05) is 24.4 Å². The number of hydrogen-bond donors (Lipinski definition) is 2. The van der Waals surface area contributed by atoms with Gasteiger partial charge in [0.2, 0.25) is 5.89 Å². The first-order valence-corrected chi connectivity index (χ1v) is 8.46. The Hall–Kier alpha value is -4.07. The summed E-state index contributed by atoms with van der Waals surface area (Å²) in [5.41, 5.74) is 9.96. The predicted molar refractivity (Wildman–Crippen MR) is 102 cm³/mol. The van der Waals surface area contributed by atoms with Crippen molar-refractivity contribution in [2.75, 3.05) is 5.73 Å². The molecular weight excluding hydrogens is 359 g/mol. The molecule has 28 heavy (non-hydrogen) atoms. The molecule has 5 aromatic rings. The molecule has 0 aliphatic rings. The summed E-state index contributed by atoms with van der Waals surface area (Å²) in [5.74, 6) is 0.0198. The number of nitrogens with two attached hydrogens (primary N) is 1. The summed E-state index contributed by atoms with van der Waals surface area (Å²) in [6.07, 6.45) is 5.14. The molecule has 0 saturated heterocycles. The van der Waals surface area contributed by atoms with E-state index in [9.17, 15) is 4.39 Å². The van der Waals surface area contributed by atoms with Gasteiger partial charge in [0.25, 0.3) is 0 Å². The van der Waals surface area contributed by atoms with E-state index in [2.05, 4.69) is 25.1 Å². The van der Waals surface area contributed by atoms with Crippen LogP contribution in [0.1, 0.15) is 0 Å². The first kappa shape index (κ1) is 16.1. The standard InChI is InChI=1S/C20H13FN6O/c21-13-3-1-2-11(6-13)17-9-23-10-18(25-17)15-8-24-16-5-4-12(7-14(15)16)19-26-27-20(22)28-19/h1-10,24H,(H2,22,27). The second kappa shape index (κ2) is 6.27. The SMILES string of the molecule is Nc1nnc(-c2ccc3[nH]cc(-c4cncc(-c5cccc(F)c5)n4)c3c2)o1. The Morgan fingerprint density at radius 1 is 0.964 bits per heavy atom. The van der Waals surface area contributed by atoms with Gasteiger partial charge in [-0.15, -0.1) is 5.10 Å². The Morgan fingerprint density at radius 2 is 1.86 bits per heavy atom. The summed E-state index contributed by atoms with van der Waals surface area (Å²) >= 11 is 0. The van der Waals surface area contributed by atoms with Crippen LogP contribution >= 0.6 is 0 Å². The second-order valence-electron chi connectivity index (χ2n) is 6.21. The minimum atomic E-state index is -0.319. The van der Waals surface area contributed by atoms with Crippen molar-refractivity contribution in [3.8, 4) is 34.0 Å². The highest BCUT2D eigenvalue weighted by molar-refractivity contribution is 5.96. The summed E-state index contributed by atoms with van der Waals surface area (Å²) in [4.78, 5) is 12.2. The van der Waals surface area contributed by atoms with E-state index < -0.39 is 0 Å². The lowest BCUT2D eigenvalue weighted by atomic mass is 10.1. The molecule has 0 fully saturated rings. The van der Waals surface area contributed by atoms with Gasteiger partial charge in [0.15, 0.2) is 0 Å². The molecule has 5 rings (SSSR count). The normalized spacial score (nSPS) is 11.2. The zero-order chi connectivity index (χ0) is 19.1. The van der Waals surface area contributed by atoms with Crippen LogP contribution in [0.4, 0.5) is 10.4 Å². The third-order valence-corrected chi connectivity index (χ3v) is 4.40. The quantitative estimate of drug-likeness (QED) is 0.494. The van der Waals surface area contributed by atoms with E-state index in [-0.39, 0.29) is 11.8 Å². The molecule has 0 spiro atoms. The minimum Gasteiger partial charge on any atom is -0.404 e. The van der Waals surface area contributed by atoms with E-state index in [0.717, 1.165) is 22.0 Å². The molecule has 0 amide bonds. The highest BCUT2D eigenvalue weighted by Crippen LogP contribution is 2.31. The van der Waals surface area contributed by atoms with Gasteiger partial charge in [0.05, 0.1) is 23.8 Å². The molecule has 0 aliphatic carbocycles. The molecule has 0 atom stereocenters. The Kier molecular flexibility index (Phi) is 3.61. The number of rotatable bonds is 3. The van der Waals surface area contributed by atoms with Crippen molar-refractivity contribution in [3.63, 3.8) is 0 Å². The second-order valence-corrected chi connectivity index (χ2v) is 6.21. The van der Waals surface area contributed by atoms with Crippen molar-refractivity contribution in [2.45, 2.75) is 0 Å². The van der Waals surface area contributed by atoms with Gasteiger partial charge in [0, 0.05) is 33.8 Å². The number of hydrogen-bond acceptors (Lipinski definition) is 6. The van der Waals surface area contributed by atoms with Crippen molar-refractivity contribution >= 4 is 16.9 Å². The van der Waals surface area contributed by atoms with Gasteiger partial charge in [-0.05, 0) is 30.3 Å². The summed E-state index contributed by atoms with van der Waals surface area (Å²) in [6, 6.07) is 12.0. The lowest BCUT2D eigenvalue weighted by Crippen LogP contribution is -1.90. The van der Waals surface area contributed by atoms with Crippen LogP contribution in [0.5, 0.6) is 0 Å². The fraction of sp³-hybridized carbons (Fsp3) is 0. The van der Waals surface area contributed by atoms with Crippen LogP contribution in [-0.4, -0.2) is 25.1 Å². The summed E-state index contributed by atoms with van der Waals surface area (Å²) in [7, 11) is 0. The van der Waals surface area contributed by atoms with Crippen molar-refractivity contribution in [3.05, 3.63) is 66.9 Å². The number of nitrogens with zero attached hydrogens (tertiary/aromatic N) is 4. The molecule has 0 radical (unpaired) electrons. The smallest absolute Gasteiger partial charge is 0.313 e. The highest BCUT2D eigenvalue weighted by atomic mass is 19.1. The van der Waals surface area contributed by atoms with Crippen LogP contribution in [0.25, 0.3) is 44.9 Å². The summed E-state index contributed by atoms with van der Waals surface area (Å²) in [6.45, 7) is 0. The van der Waals surface area contributed by atoms with Gasteiger partial charge in [0.1, 0.15) is 5.82 Å². The van der Waals surface area contributed by atoms with E-state index in [1.54, 1.807) is 24.5 Å². The summed E-state index contributed by atoms with van der Waals surface area (Å²) in [5, 5.41) is 8.54. The van der Waals surface area contributed by atoms with Crippen LogP contribution < -0.4 is 5.73 Å². The lowest BCUT2D eigenvalue weighted by molar-refractivity contribution is 0.590. The Bertz CT molecular complexity index is 1310. The number of benzene rings is 2. The van der Waals surface area contributed by atoms with Gasteiger partial charge < -0.3 is 15.1 Å². The lowest BCUT2D eigenvalue weighted by Gasteiger charge is -2.04. The zero-order valence-electron chi connectivity index (χ0n) is 14.4. The molecule has 0 saturated carbocycles. The maximum atomic E-state index is 13.6. The molecule has 0 aliphatic heterocycles. The number of aromatic amines is 1. The Labute approximate surface area is 158 Å². The fourth-order valence-corrected chi connectivity index (χ4v) is 3.10. The number of nitrogen functional groups attached to an aromatic ring is 1. The Balaban J connectivity index is 1.62. The maximum Gasteiger partial charge on any atom is 0.313 e. The average Bonchev–Trinajstić information content (AvgIpc) is 3.34. The largest absolute Gasteiger partial charge is 0.404 e. The van der Waals surface area contributed by atoms with E-state index in [0.29, 0.717) is 22.8 Å². The molecule has 3 heterocycles. The van der Waals surface area contributed by atoms with Gasteiger partial charge in [-0.1, -0.05) is 17.2 Å². The van der Waals surface area contributed by atoms with Gasteiger partial charge in [-0.3, -0.25) is 4.98 Å². The van der Waals surface area contributed by atoms with Crippen molar-refractivity contribution in [1.29, 1.82) is 0 Å². The predicted octanol–water partition coefficient (Wildman–Crippen LogP) is 4.06. The number of nitrogens with one attached hydrogen (secondary N) is 1. The number of halogens is 1. The third kappa shape index (κ3) is 2.77. The first-order chi connectivity index (χ1) is 13.7. The highest BCUT2D eigenvalue weighted by Gasteiger charge is 2.13. The molecule has 2 aromatic carbocycles. The molecule has 0 bridgehead atoms. The minimum absolute atomic E-state index is 0.0121. The van der Waals surface area contributed by atoms with Crippen LogP contribution in [0.15, 0.2) is 65.5 Å². The fourth-order valence-electron chi connectivity index (χ4n) is 3.10. The van der Waals surface area contributed by atoms with Gasteiger partial charge in [-0.25, -0.2) is 9.37 Å². The van der Waals surface area contributed by atoms with Gasteiger partial charge in [-0.2, -0.15) is 0 Å². The zero-order valence-corrected chi connectivity index (χ0v) is 14.4. The van der Waals surface area contributed by atoms with E-state index in [4.69, 9.17) is 10.2 Å². The van der Waals surface area contributed by atoms with Crippen molar-refractivity contribution in [2.24, 2.45) is 0 Å². The van der Waals surface area contributed by atoms with Crippen molar-refractivity contribution in [1.82, 2.24) is 25.1 Å². The molecule has 7 nitrogen and oxygen atoms in total. The number of aromatic nitrogens is 5. The number of anilines is 1. The summed E-state index contributed by atoms with van der Waals surface area (Å²) < 4.78 is 18.9. The van der Waals surface area contributed by atoms with Crippen LogP contribution in [-0.2, 0) is 0 Å². The average molecular weight is 372 g/mol. The monoisotopic (exact) mass is 372 g/mol. The van der Waals surface area contributed by atoms with E-state index >= 15 is 0 Å². The third-order valence-electron chi connectivity index (χ3n) is 4.40. The van der Waals surface area contributed by atoms with E-state index in [1.165, 1.54) is 12.1 Å². The van der Waals surface area contributed by atoms with Crippen LogP contribution in [0.2, 0.25) is 0 Å². The topological polar surface area (TPSA) is 107 Å². The molecule has 8 heteroatoms. The maximum absolute atomic E-state index is 13.6. The number of H-pyrrole nitrogens is 1. The van der Waals surface area contributed by atoms with Crippen LogP contribution in [0.3, 0.4) is 0 Å². The first-order valence-electron chi connectivity index (χ1n) is 8.46.